The quantitative estimate of drug-likeness (QED) is 0.932. The number of rotatable bonds is 3. The molecule has 0 spiro atoms. The van der Waals surface area contributed by atoms with Crippen molar-refractivity contribution in [1.29, 1.82) is 0 Å². The van der Waals surface area contributed by atoms with E-state index in [4.69, 9.17) is 4.42 Å². The van der Waals surface area contributed by atoms with Crippen molar-refractivity contribution in [2.45, 2.75) is 19.4 Å². The van der Waals surface area contributed by atoms with E-state index in [-0.39, 0.29) is 0 Å². The summed E-state index contributed by atoms with van der Waals surface area (Å²) in [6.07, 6.45) is 3.36. The van der Waals surface area contributed by atoms with Crippen LogP contribution in [0.25, 0.3) is 0 Å². The average molecular weight is 281 g/mol. The van der Waals surface area contributed by atoms with Crippen molar-refractivity contribution < 1.29 is 9.52 Å². The van der Waals surface area contributed by atoms with E-state index < -0.39 is 6.10 Å². The first kappa shape index (κ1) is 11.4. The minimum atomic E-state index is -0.491. The normalized spacial score (nSPS) is 12.7. The smallest absolute Gasteiger partial charge is 0.0935 e. The molecule has 2 nitrogen and oxygen atoms in total. The van der Waals surface area contributed by atoms with Crippen molar-refractivity contribution in [2.24, 2.45) is 0 Å². The molecule has 84 valence electrons. The van der Waals surface area contributed by atoms with Crippen LogP contribution in [0.5, 0.6) is 0 Å². The van der Waals surface area contributed by atoms with Gasteiger partial charge in [0.1, 0.15) is 0 Å². The second kappa shape index (κ2) is 4.85. The molecule has 0 bridgehead atoms. The van der Waals surface area contributed by atoms with Gasteiger partial charge in [0.15, 0.2) is 0 Å². The van der Waals surface area contributed by atoms with E-state index in [2.05, 4.69) is 15.9 Å². The molecule has 0 aliphatic carbocycles. The lowest BCUT2D eigenvalue weighted by atomic mass is 10.0. The van der Waals surface area contributed by atoms with E-state index in [0.717, 1.165) is 15.6 Å². The summed E-state index contributed by atoms with van der Waals surface area (Å²) in [5.41, 5.74) is 3.09. The Morgan fingerprint density at radius 2 is 2.19 bits per heavy atom. The fourth-order valence-corrected chi connectivity index (χ4v) is 1.96. The van der Waals surface area contributed by atoms with Crippen LogP contribution in [0.15, 0.2) is 45.7 Å². The Morgan fingerprint density at radius 3 is 2.81 bits per heavy atom. The predicted octanol–water partition coefficient (Wildman–Crippen LogP) is 3.63. The van der Waals surface area contributed by atoms with Crippen molar-refractivity contribution in [3.05, 3.63) is 58.0 Å². The van der Waals surface area contributed by atoms with E-state index >= 15 is 0 Å². The molecule has 0 amide bonds. The molecule has 0 fully saturated rings. The summed E-state index contributed by atoms with van der Waals surface area (Å²) >= 11 is 3.46. The molecule has 0 saturated heterocycles. The molecule has 0 aliphatic heterocycles. The number of benzene rings is 1. The first-order valence-corrected chi connectivity index (χ1v) is 5.91. The zero-order chi connectivity index (χ0) is 11.5. The Labute approximate surface area is 103 Å². The van der Waals surface area contributed by atoms with Gasteiger partial charge in [-0.3, -0.25) is 0 Å². The Morgan fingerprint density at radius 1 is 1.38 bits per heavy atom. The van der Waals surface area contributed by atoms with E-state index in [9.17, 15) is 5.11 Å². The monoisotopic (exact) mass is 280 g/mol. The van der Waals surface area contributed by atoms with Gasteiger partial charge in [-0.2, -0.15) is 0 Å². The molecule has 16 heavy (non-hydrogen) atoms. The van der Waals surface area contributed by atoms with Gasteiger partial charge in [0, 0.05) is 10.9 Å². The van der Waals surface area contributed by atoms with E-state index in [1.807, 2.05) is 31.2 Å². The fourth-order valence-electron chi connectivity index (χ4n) is 1.57. The van der Waals surface area contributed by atoms with Gasteiger partial charge in [0.05, 0.1) is 18.6 Å². The summed E-state index contributed by atoms with van der Waals surface area (Å²) in [6.45, 7) is 2.02. The molecule has 0 aliphatic rings. The van der Waals surface area contributed by atoms with Gasteiger partial charge in [-0.1, -0.05) is 28.1 Å². The Hall–Kier alpha value is -1.06. The Kier molecular flexibility index (Phi) is 3.46. The van der Waals surface area contributed by atoms with Crippen LogP contribution >= 0.6 is 15.9 Å². The average Bonchev–Trinajstić information content (AvgIpc) is 2.74. The van der Waals surface area contributed by atoms with Gasteiger partial charge < -0.3 is 9.52 Å². The second-order valence-electron chi connectivity index (χ2n) is 3.86. The first-order chi connectivity index (χ1) is 7.66. The predicted molar refractivity (Wildman–Crippen MR) is 66.3 cm³/mol. The maximum Gasteiger partial charge on any atom is 0.0935 e. The molecule has 3 heteroatoms. The molecule has 0 saturated carbocycles. The van der Waals surface area contributed by atoms with Crippen molar-refractivity contribution in [3.63, 3.8) is 0 Å². The SMILES string of the molecule is Cc1ccc(C(O)Cc2ccoc2)cc1Br. The van der Waals surface area contributed by atoms with Gasteiger partial charge >= 0.3 is 0 Å². The second-order valence-corrected chi connectivity index (χ2v) is 4.71. The highest BCUT2D eigenvalue weighted by Gasteiger charge is 2.10. The van der Waals surface area contributed by atoms with Crippen LogP contribution in [-0.4, -0.2) is 5.11 Å². The third kappa shape index (κ3) is 2.54. The molecule has 1 heterocycles. The zero-order valence-corrected chi connectivity index (χ0v) is 10.6. The number of aliphatic hydroxyl groups is 1. The Balaban J connectivity index is 2.14. The molecular weight excluding hydrogens is 268 g/mol. The largest absolute Gasteiger partial charge is 0.472 e. The summed E-state index contributed by atoms with van der Waals surface area (Å²) in [7, 11) is 0. The maximum absolute atomic E-state index is 10.0. The highest BCUT2D eigenvalue weighted by Crippen LogP contribution is 2.24. The third-order valence-electron chi connectivity index (χ3n) is 2.59. The number of aryl methyl sites for hydroxylation is 1. The maximum atomic E-state index is 10.0. The molecule has 1 N–H and O–H groups in total. The topological polar surface area (TPSA) is 33.4 Å². The number of halogens is 1. The van der Waals surface area contributed by atoms with Crippen LogP contribution < -0.4 is 0 Å². The Bertz CT molecular complexity index is 463. The van der Waals surface area contributed by atoms with Crippen LogP contribution in [0.1, 0.15) is 22.8 Å². The van der Waals surface area contributed by atoms with Crippen LogP contribution in [-0.2, 0) is 6.42 Å². The first-order valence-electron chi connectivity index (χ1n) is 5.12. The van der Waals surface area contributed by atoms with Gasteiger partial charge in [0.2, 0.25) is 0 Å². The molecule has 1 unspecified atom stereocenters. The van der Waals surface area contributed by atoms with Crippen LogP contribution in [0.4, 0.5) is 0 Å². The molecule has 1 aromatic heterocycles. The lowest BCUT2D eigenvalue weighted by Gasteiger charge is -2.11. The standard InChI is InChI=1S/C13H13BrO2/c1-9-2-3-11(7-12(9)14)13(15)6-10-4-5-16-8-10/h2-5,7-8,13,15H,6H2,1H3. The molecule has 2 aromatic rings. The summed E-state index contributed by atoms with van der Waals surface area (Å²) in [5, 5.41) is 10.0. The number of furan rings is 1. The summed E-state index contributed by atoms with van der Waals surface area (Å²) in [4.78, 5) is 0. The van der Waals surface area contributed by atoms with Crippen molar-refractivity contribution in [1.82, 2.24) is 0 Å². The minimum Gasteiger partial charge on any atom is -0.472 e. The highest BCUT2D eigenvalue weighted by atomic mass is 79.9. The number of aliphatic hydroxyl groups excluding tert-OH is 1. The molecule has 0 radical (unpaired) electrons. The van der Waals surface area contributed by atoms with Gasteiger partial charge in [-0.05, 0) is 35.7 Å². The van der Waals surface area contributed by atoms with Crippen molar-refractivity contribution in [2.75, 3.05) is 0 Å². The zero-order valence-electron chi connectivity index (χ0n) is 8.98. The molecule has 2 rings (SSSR count). The summed E-state index contributed by atoms with van der Waals surface area (Å²) in [6, 6.07) is 7.77. The highest BCUT2D eigenvalue weighted by molar-refractivity contribution is 9.10. The van der Waals surface area contributed by atoms with Gasteiger partial charge in [-0.25, -0.2) is 0 Å². The lowest BCUT2D eigenvalue weighted by Crippen LogP contribution is -2.01. The molecule has 1 aromatic carbocycles. The van der Waals surface area contributed by atoms with Crippen molar-refractivity contribution >= 4 is 15.9 Å². The van der Waals surface area contributed by atoms with Crippen molar-refractivity contribution in [3.8, 4) is 0 Å². The summed E-state index contributed by atoms with van der Waals surface area (Å²) in [5.74, 6) is 0. The van der Waals surface area contributed by atoms with E-state index in [1.165, 1.54) is 5.56 Å². The molecule has 1 atom stereocenters. The van der Waals surface area contributed by atoms with Gasteiger partial charge in [-0.15, -0.1) is 0 Å². The van der Waals surface area contributed by atoms with E-state index in [1.54, 1.807) is 12.5 Å². The van der Waals surface area contributed by atoms with Crippen LogP contribution in [0, 0.1) is 6.92 Å². The van der Waals surface area contributed by atoms with Gasteiger partial charge in [0.25, 0.3) is 0 Å². The fraction of sp³-hybridized carbons (Fsp3) is 0.231. The van der Waals surface area contributed by atoms with Crippen LogP contribution in [0.3, 0.4) is 0 Å². The number of hydrogen-bond acceptors (Lipinski definition) is 2. The third-order valence-corrected chi connectivity index (χ3v) is 3.44. The molecular formula is C13H13BrO2. The minimum absolute atomic E-state index is 0.491. The van der Waals surface area contributed by atoms with Crippen LogP contribution in [0.2, 0.25) is 0 Å². The van der Waals surface area contributed by atoms with E-state index in [0.29, 0.717) is 6.42 Å². The summed E-state index contributed by atoms with van der Waals surface area (Å²) < 4.78 is 6.00. The lowest BCUT2D eigenvalue weighted by molar-refractivity contribution is 0.178. The number of hydrogen-bond donors (Lipinski definition) is 1.